The van der Waals surface area contributed by atoms with E-state index in [0.717, 1.165) is 19.0 Å². The van der Waals surface area contributed by atoms with E-state index in [1.165, 1.54) is 25.9 Å². The van der Waals surface area contributed by atoms with E-state index >= 15 is 0 Å². The molecule has 4 nitrogen and oxygen atoms in total. The summed E-state index contributed by atoms with van der Waals surface area (Å²) in [4.78, 5) is 15.0. The summed E-state index contributed by atoms with van der Waals surface area (Å²) in [6.45, 7) is 6.82. The molecule has 1 N–H and O–H groups in total. The fourth-order valence-corrected chi connectivity index (χ4v) is 2.49. The molecule has 0 aliphatic carbocycles. The van der Waals surface area contributed by atoms with Crippen LogP contribution in [0.1, 0.15) is 19.8 Å². The van der Waals surface area contributed by atoms with E-state index in [4.69, 9.17) is 5.11 Å². The van der Waals surface area contributed by atoms with E-state index in [1.807, 2.05) is 4.90 Å². The molecule has 2 saturated heterocycles. The van der Waals surface area contributed by atoms with Gasteiger partial charge in [0.1, 0.15) is 0 Å². The van der Waals surface area contributed by atoms with Gasteiger partial charge in [0.25, 0.3) is 0 Å². The van der Waals surface area contributed by atoms with Crippen molar-refractivity contribution in [3.63, 3.8) is 0 Å². The fraction of sp³-hybridized carbons (Fsp3) is 0.909. The molecule has 0 amide bonds. The van der Waals surface area contributed by atoms with Gasteiger partial charge < -0.3 is 5.11 Å². The minimum absolute atomic E-state index is 0.209. The third kappa shape index (κ3) is 2.69. The molecule has 2 aliphatic heterocycles. The third-order valence-electron chi connectivity index (χ3n) is 3.63. The monoisotopic (exact) mass is 212 g/mol. The van der Waals surface area contributed by atoms with Crippen LogP contribution in [0.2, 0.25) is 0 Å². The summed E-state index contributed by atoms with van der Waals surface area (Å²) in [5, 5.41) is 8.62. The van der Waals surface area contributed by atoms with Crippen molar-refractivity contribution in [2.45, 2.75) is 25.8 Å². The first-order valence-electron chi connectivity index (χ1n) is 5.83. The molecule has 4 heteroatoms. The smallest absolute Gasteiger partial charge is 0.317 e. The number of nitrogens with zero attached hydrogens (tertiary/aromatic N) is 2. The molecule has 0 aromatic heterocycles. The van der Waals surface area contributed by atoms with Gasteiger partial charge in [0.05, 0.1) is 6.54 Å². The number of piperidine rings is 1. The van der Waals surface area contributed by atoms with E-state index in [-0.39, 0.29) is 6.54 Å². The second-order valence-electron chi connectivity index (χ2n) is 4.96. The van der Waals surface area contributed by atoms with Crippen molar-refractivity contribution in [2.24, 2.45) is 5.92 Å². The van der Waals surface area contributed by atoms with Crippen LogP contribution in [-0.4, -0.2) is 59.6 Å². The minimum Gasteiger partial charge on any atom is -0.480 e. The highest BCUT2D eigenvalue weighted by Gasteiger charge is 2.33. The first-order chi connectivity index (χ1) is 7.15. The molecule has 0 radical (unpaired) electrons. The van der Waals surface area contributed by atoms with Crippen molar-refractivity contribution in [3.8, 4) is 0 Å². The summed E-state index contributed by atoms with van der Waals surface area (Å²) in [6, 6.07) is 0.622. The van der Waals surface area contributed by atoms with Crippen LogP contribution in [0.25, 0.3) is 0 Å². The molecule has 2 aliphatic rings. The Hall–Kier alpha value is -0.610. The molecule has 0 bridgehead atoms. The second kappa shape index (κ2) is 4.49. The second-order valence-corrected chi connectivity index (χ2v) is 4.96. The number of aliphatic carboxylic acids is 1. The summed E-state index contributed by atoms with van der Waals surface area (Å²) in [7, 11) is 0. The fourth-order valence-electron chi connectivity index (χ4n) is 2.49. The van der Waals surface area contributed by atoms with Crippen LogP contribution in [0.15, 0.2) is 0 Å². The molecule has 86 valence electrons. The highest BCUT2D eigenvalue weighted by molar-refractivity contribution is 5.69. The Morgan fingerprint density at radius 2 is 1.93 bits per heavy atom. The topological polar surface area (TPSA) is 43.8 Å². The van der Waals surface area contributed by atoms with Gasteiger partial charge >= 0.3 is 5.97 Å². The van der Waals surface area contributed by atoms with Crippen LogP contribution in [-0.2, 0) is 4.79 Å². The molecule has 0 atom stereocenters. The number of carbonyl (C=O) groups is 1. The molecule has 2 rings (SSSR count). The Bertz CT molecular complexity index is 231. The Labute approximate surface area is 90.9 Å². The van der Waals surface area contributed by atoms with Crippen LogP contribution in [0.5, 0.6) is 0 Å². The quantitative estimate of drug-likeness (QED) is 0.739. The van der Waals surface area contributed by atoms with E-state index in [9.17, 15) is 4.79 Å². The lowest BCUT2D eigenvalue weighted by Gasteiger charge is -2.46. The summed E-state index contributed by atoms with van der Waals surface area (Å²) in [5.41, 5.74) is 0. The van der Waals surface area contributed by atoms with E-state index in [0.29, 0.717) is 6.04 Å². The molecule has 0 unspecified atom stereocenters. The maximum Gasteiger partial charge on any atom is 0.317 e. The first-order valence-corrected chi connectivity index (χ1v) is 5.83. The van der Waals surface area contributed by atoms with E-state index in [2.05, 4.69) is 11.8 Å². The van der Waals surface area contributed by atoms with Gasteiger partial charge in [-0.05, 0) is 31.8 Å². The van der Waals surface area contributed by atoms with Gasteiger partial charge in [0.15, 0.2) is 0 Å². The zero-order valence-electron chi connectivity index (χ0n) is 9.35. The summed E-state index contributed by atoms with van der Waals surface area (Å²) < 4.78 is 0. The molecule has 2 fully saturated rings. The zero-order chi connectivity index (χ0) is 10.8. The molecule has 2 heterocycles. The van der Waals surface area contributed by atoms with Gasteiger partial charge in [-0.15, -0.1) is 0 Å². The molecule has 0 aromatic rings. The van der Waals surface area contributed by atoms with Crippen LogP contribution < -0.4 is 0 Å². The number of carboxylic acids is 1. The van der Waals surface area contributed by atoms with Crippen molar-refractivity contribution in [3.05, 3.63) is 0 Å². The largest absolute Gasteiger partial charge is 0.480 e. The lowest BCUT2D eigenvalue weighted by molar-refractivity contribution is -0.140. The average Bonchev–Trinajstić information content (AvgIpc) is 2.12. The number of hydrogen-bond acceptors (Lipinski definition) is 3. The number of carboxylic acid groups (broad SMARTS) is 1. The average molecular weight is 212 g/mol. The number of likely N-dealkylation sites (tertiary alicyclic amines) is 2. The maximum absolute atomic E-state index is 10.5. The minimum atomic E-state index is -0.708. The lowest BCUT2D eigenvalue weighted by Crippen LogP contribution is -2.61. The number of rotatable bonds is 3. The Morgan fingerprint density at radius 3 is 2.47 bits per heavy atom. The van der Waals surface area contributed by atoms with Gasteiger partial charge in [-0.25, -0.2) is 0 Å². The highest BCUT2D eigenvalue weighted by Crippen LogP contribution is 2.22. The zero-order valence-corrected chi connectivity index (χ0v) is 9.35. The van der Waals surface area contributed by atoms with Crippen LogP contribution >= 0.6 is 0 Å². The molecule has 0 aromatic carbocycles. The van der Waals surface area contributed by atoms with Gasteiger partial charge in [-0.3, -0.25) is 14.6 Å². The third-order valence-corrected chi connectivity index (χ3v) is 3.63. The van der Waals surface area contributed by atoms with E-state index < -0.39 is 5.97 Å². The number of hydrogen-bond donors (Lipinski definition) is 1. The molecular formula is C11H20N2O2. The standard InChI is InChI=1S/C11H20N2O2/c1-9-2-4-13(5-3-9)10-6-12(7-10)8-11(14)15/h9-10H,2-8H2,1H3,(H,14,15). The van der Waals surface area contributed by atoms with Gasteiger partial charge in [0.2, 0.25) is 0 Å². The van der Waals surface area contributed by atoms with Crippen LogP contribution in [0.4, 0.5) is 0 Å². The normalized spacial score (nSPS) is 26.5. The predicted molar refractivity (Wildman–Crippen MR) is 57.8 cm³/mol. The predicted octanol–water partition coefficient (Wildman–Crippen LogP) is 0.487. The summed E-state index contributed by atoms with van der Waals surface area (Å²) in [5.74, 6) is 0.164. The molecule has 15 heavy (non-hydrogen) atoms. The van der Waals surface area contributed by atoms with Gasteiger partial charge in [-0.2, -0.15) is 0 Å². The summed E-state index contributed by atoms with van der Waals surface area (Å²) >= 11 is 0. The Balaban J connectivity index is 1.68. The SMILES string of the molecule is CC1CCN(C2CN(CC(=O)O)C2)CC1. The van der Waals surface area contributed by atoms with Crippen LogP contribution in [0, 0.1) is 5.92 Å². The Kier molecular flexibility index (Phi) is 3.26. The first kappa shape index (κ1) is 10.9. The highest BCUT2D eigenvalue weighted by atomic mass is 16.4. The lowest BCUT2D eigenvalue weighted by atomic mass is 9.96. The Morgan fingerprint density at radius 1 is 1.33 bits per heavy atom. The maximum atomic E-state index is 10.5. The molecular weight excluding hydrogens is 192 g/mol. The van der Waals surface area contributed by atoms with Crippen molar-refractivity contribution in [1.29, 1.82) is 0 Å². The van der Waals surface area contributed by atoms with Gasteiger partial charge in [-0.1, -0.05) is 6.92 Å². The van der Waals surface area contributed by atoms with Crippen molar-refractivity contribution < 1.29 is 9.90 Å². The van der Waals surface area contributed by atoms with E-state index in [1.54, 1.807) is 0 Å². The summed E-state index contributed by atoms with van der Waals surface area (Å²) in [6.07, 6.45) is 2.60. The van der Waals surface area contributed by atoms with Crippen LogP contribution in [0.3, 0.4) is 0 Å². The van der Waals surface area contributed by atoms with Crippen molar-refractivity contribution >= 4 is 5.97 Å². The molecule has 0 spiro atoms. The molecule has 0 saturated carbocycles. The van der Waals surface area contributed by atoms with Gasteiger partial charge in [0, 0.05) is 19.1 Å². The van der Waals surface area contributed by atoms with Crippen molar-refractivity contribution in [1.82, 2.24) is 9.80 Å². The van der Waals surface area contributed by atoms with Crippen molar-refractivity contribution in [2.75, 3.05) is 32.7 Å².